The molecule has 2 heterocycles. The second kappa shape index (κ2) is 7.33. The molecule has 0 bridgehead atoms. The molecule has 1 aromatic carbocycles. The van der Waals surface area contributed by atoms with E-state index in [9.17, 15) is 10.1 Å². The van der Waals surface area contributed by atoms with E-state index in [1.165, 1.54) is 23.5 Å². The highest BCUT2D eigenvalue weighted by molar-refractivity contribution is 8.03. The number of fused-ring (bicyclic) bond motifs is 1. The van der Waals surface area contributed by atoms with E-state index in [1.54, 1.807) is 6.33 Å². The predicted molar refractivity (Wildman–Crippen MR) is 99.5 cm³/mol. The Morgan fingerprint density at radius 1 is 1.40 bits per heavy atom. The van der Waals surface area contributed by atoms with Crippen molar-refractivity contribution in [1.29, 1.82) is 5.26 Å². The fourth-order valence-corrected chi connectivity index (χ4v) is 4.52. The smallest absolute Gasteiger partial charge is 0.191 e. The van der Waals surface area contributed by atoms with Crippen molar-refractivity contribution in [2.24, 2.45) is 0 Å². The molecule has 0 amide bonds. The Bertz CT molecular complexity index is 881. The van der Waals surface area contributed by atoms with Gasteiger partial charge in [-0.15, -0.1) is 10.2 Å². The molecule has 1 aromatic heterocycles. The number of carbonyl (C=O) groups excluding carboxylic acids is 1. The topological polar surface area (TPSA) is 74.8 Å². The monoisotopic (exact) mass is 371 g/mol. The quantitative estimate of drug-likeness (QED) is 0.452. The van der Waals surface area contributed by atoms with E-state index >= 15 is 0 Å². The first-order valence-corrected chi connectivity index (χ1v) is 9.53. The first-order chi connectivity index (χ1) is 12.0. The molecule has 0 atom stereocenters. The molecule has 2 aromatic rings. The fourth-order valence-electron chi connectivity index (χ4n) is 2.44. The van der Waals surface area contributed by atoms with Gasteiger partial charge in [-0.3, -0.25) is 4.79 Å². The predicted octanol–water partition coefficient (Wildman–Crippen LogP) is 3.50. The lowest BCUT2D eigenvalue weighted by Gasteiger charge is -2.14. The van der Waals surface area contributed by atoms with Crippen LogP contribution in [-0.2, 0) is 4.79 Å². The molecule has 0 saturated carbocycles. The van der Waals surface area contributed by atoms with E-state index in [1.807, 2.05) is 54.6 Å². The minimum absolute atomic E-state index is 0.155. The number of rotatable bonds is 5. The van der Waals surface area contributed by atoms with Gasteiger partial charge < -0.3 is 9.47 Å². The highest BCUT2D eigenvalue weighted by Crippen LogP contribution is 2.46. The molecule has 0 spiro atoms. The molecule has 1 aliphatic rings. The summed E-state index contributed by atoms with van der Waals surface area (Å²) in [6.45, 7) is 4.05. The van der Waals surface area contributed by atoms with Crippen LogP contribution in [0, 0.1) is 11.3 Å². The van der Waals surface area contributed by atoms with Crippen molar-refractivity contribution < 1.29 is 4.79 Å². The second-order valence-corrected chi connectivity index (χ2v) is 7.72. The Morgan fingerprint density at radius 3 is 2.84 bits per heavy atom. The molecule has 128 valence electrons. The van der Waals surface area contributed by atoms with Gasteiger partial charge in [-0.25, -0.2) is 0 Å². The molecule has 0 N–H and O–H groups in total. The maximum absolute atomic E-state index is 12.6. The van der Waals surface area contributed by atoms with Crippen molar-refractivity contribution in [2.75, 3.05) is 17.7 Å². The Hall–Kier alpha value is -2.24. The minimum Gasteiger partial charge on any atom is -0.337 e. The van der Waals surface area contributed by atoms with Crippen LogP contribution in [0.1, 0.15) is 19.9 Å². The van der Waals surface area contributed by atoms with E-state index in [-0.39, 0.29) is 23.2 Å². The molecule has 25 heavy (non-hydrogen) atoms. The van der Waals surface area contributed by atoms with Gasteiger partial charge in [-0.1, -0.05) is 35.7 Å². The number of benzene rings is 1. The lowest BCUT2D eigenvalue weighted by atomic mass is 10.2. The van der Waals surface area contributed by atoms with Gasteiger partial charge in [-0.05, 0) is 26.0 Å². The third-order valence-electron chi connectivity index (χ3n) is 3.77. The third-order valence-corrected chi connectivity index (χ3v) is 5.96. The number of hydrogen-bond acceptors (Lipinski definition) is 7. The number of Topliss-reactive ketones (excluding diaryl/α,β-unsaturated/α-hetero) is 1. The summed E-state index contributed by atoms with van der Waals surface area (Å²) in [5, 5.41) is 18.8. The van der Waals surface area contributed by atoms with Crippen LogP contribution in [0.3, 0.4) is 0 Å². The van der Waals surface area contributed by atoms with Gasteiger partial charge >= 0.3 is 0 Å². The van der Waals surface area contributed by atoms with Gasteiger partial charge in [0.1, 0.15) is 23.0 Å². The number of thioether (sulfide) groups is 2. The Labute approximate surface area is 154 Å². The van der Waals surface area contributed by atoms with Gasteiger partial charge in [0.05, 0.1) is 11.4 Å². The highest BCUT2D eigenvalue weighted by Gasteiger charge is 2.28. The highest BCUT2D eigenvalue weighted by atomic mass is 32.2. The summed E-state index contributed by atoms with van der Waals surface area (Å²) in [7, 11) is 1.88. The average Bonchev–Trinajstić information content (AvgIpc) is 3.20. The number of aromatic nitrogens is 3. The molecule has 0 unspecified atom stereocenters. The number of anilines is 1. The van der Waals surface area contributed by atoms with Gasteiger partial charge in [0.25, 0.3) is 0 Å². The first-order valence-electron chi connectivity index (χ1n) is 7.73. The van der Waals surface area contributed by atoms with Crippen LogP contribution in [0.15, 0.2) is 51.2 Å². The maximum atomic E-state index is 12.6. The Balaban J connectivity index is 1.79. The van der Waals surface area contributed by atoms with Gasteiger partial charge in [0, 0.05) is 18.0 Å². The molecule has 0 saturated heterocycles. The fraction of sp³-hybridized carbons (Fsp3) is 0.294. The molecule has 3 rings (SSSR count). The maximum Gasteiger partial charge on any atom is 0.191 e. The van der Waals surface area contributed by atoms with Crippen molar-refractivity contribution in [3.05, 3.63) is 41.2 Å². The summed E-state index contributed by atoms with van der Waals surface area (Å²) in [4.78, 5) is 15.6. The number of carbonyl (C=O) groups is 1. The second-order valence-electron chi connectivity index (χ2n) is 5.75. The SMILES string of the molecule is CC(C)n1cnnc1SCC(=O)C(C#N)=C1Sc2ccccc2N1C. The van der Waals surface area contributed by atoms with Crippen LogP contribution < -0.4 is 4.90 Å². The zero-order valence-electron chi connectivity index (χ0n) is 14.1. The first kappa shape index (κ1) is 17.6. The van der Waals surface area contributed by atoms with Crippen LogP contribution in [0.2, 0.25) is 0 Å². The molecule has 0 aliphatic carbocycles. The summed E-state index contributed by atoms with van der Waals surface area (Å²) >= 11 is 2.76. The standard InChI is InChI=1S/C17H17N5OS2/c1-11(2)22-10-19-20-17(22)24-9-14(23)12(8-18)16-21(3)13-6-4-5-7-15(13)25-16/h4-7,10-11H,9H2,1-3H3. The largest absolute Gasteiger partial charge is 0.337 e. The molecule has 1 aliphatic heterocycles. The molecule has 0 fully saturated rings. The Morgan fingerprint density at radius 2 is 2.16 bits per heavy atom. The van der Waals surface area contributed by atoms with Crippen LogP contribution in [-0.4, -0.2) is 33.3 Å². The lowest BCUT2D eigenvalue weighted by molar-refractivity contribution is -0.112. The van der Waals surface area contributed by atoms with E-state index in [4.69, 9.17) is 0 Å². The van der Waals surface area contributed by atoms with E-state index in [2.05, 4.69) is 16.3 Å². The molecular weight excluding hydrogens is 354 g/mol. The van der Waals surface area contributed by atoms with Crippen molar-refractivity contribution in [1.82, 2.24) is 14.8 Å². The van der Waals surface area contributed by atoms with E-state index < -0.39 is 0 Å². The zero-order valence-corrected chi connectivity index (χ0v) is 15.8. The Kier molecular flexibility index (Phi) is 5.16. The number of allylic oxidation sites excluding steroid dienone is 1. The summed E-state index contributed by atoms with van der Waals surface area (Å²) in [5.74, 6) is -0.0457. The number of hydrogen-bond donors (Lipinski definition) is 0. The minimum atomic E-state index is -0.201. The number of para-hydroxylation sites is 1. The van der Waals surface area contributed by atoms with Crippen LogP contribution in [0.25, 0.3) is 0 Å². The number of nitriles is 1. The summed E-state index contributed by atoms with van der Waals surface area (Å²) < 4.78 is 1.91. The molecule has 0 radical (unpaired) electrons. The van der Waals surface area contributed by atoms with Crippen LogP contribution in [0.4, 0.5) is 5.69 Å². The summed E-state index contributed by atoms with van der Waals surface area (Å²) in [5.41, 5.74) is 1.20. The van der Waals surface area contributed by atoms with Gasteiger partial charge in [0.2, 0.25) is 0 Å². The summed E-state index contributed by atoms with van der Waals surface area (Å²) in [6.07, 6.45) is 1.65. The zero-order chi connectivity index (χ0) is 18.0. The number of ketones is 1. The van der Waals surface area contributed by atoms with Crippen LogP contribution >= 0.6 is 23.5 Å². The average molecular weight is 371 g/mol. The normalized spacial score (nSPS) is 15.2. The van der Waals surface area contributed by atoms with Crippen LogP contribution in [0.5, 0.6) is 0 Å². The summed E-state index contributed by atoms with van der Waals surface area (Å²) in [6, 6.07) is 10.2. The van der Waals surface area contributed by atoms with Crippen molar-refractivity contribution in [3.63, 3.8) is 0 Å². The van der Waals surface area contributed by atoms with Gasteiger partial charge in [-0.2, -0.15) is 5.26 Å². The van der Waals surface area contributed by atoms with E-state index in [0.29, 0.717) is 10.2 Å². The van der Waals surface area contributed by atoms with E-state index in [0.717, 1.165) is 10.6 Å². The number of nitrogens with zero attached hydrogens (tertiary/aromatic N) is 5. The van der Waals surface area contributed by atoms with Crippen molar-refractivity contribution in [3.8, 4) is 6.07 Å². The van der Waals surface area contributed by atoms with Gasteiger partial charge in [0.15, 0.2) is 10.9 Å². The molecular formula is C17H17N5OS2. The lowest BCUT2D eigenvalue weighted by Crippen LogP contribution is -2.16. The third kappa shape index (κ3) is 3.43. The molecule has 8 heteroatoms. The van der Waals surface area contributed by atoms with Crippen molar-refractivity contribution in [2.45, 2.75) is 29.9 Å². The van der Waals surface area contributed by atoms with Crippen molar-refractivity contribution >= 4 is 35.0 Å². The molecule has 6 nitrogen and oxygen atoms in total.